The van der Waals surface area contributed by atoms with E-state index in [9.17, 15) is 4.57 Å². The molecule has 1 aromatic rings. The molecule has 66 valence electrons. The number of para-hydroxylation sites is 1. The normalized spacial score (nSPS) is 15.2. The molecule has 0 aliphatic heterocycles. The largest absolute Gasteiger partial charge is 0.469 e. The van der Waals surface area contributed by atoms with Crippen molar-refractivity contribution in [2.24, 2.45) is 5.84 Å². The predicted octanol–water partition coefficient (Wildman–Crippen LogP) is 0.629. The Morgan fingerprint density at radius 1 is 1.42 bits per heavy atom. The maximum atomic E-state index is 10.8. The van der Waals surface area contributed by atoms with Gasteiger partial charge in [0.2, 0.25) is 0 Å². The number of hydrogen-bond acceptors (Lipinski definition) is 3. The van der Waals surface area contributed by atoms with Gasteiger partial charge in [0.15, 0.2) is 0 Å². The van der Waals surface area contributed by atoms with Crippen molar-refractivity contribution in [1.82, 2.24) is 5.20 Å². The van der Waals surface area contributed by atoms with Crippen LogP contribution in [0.5, 0.6) is 5.75 Å². The number of rotatable bonds is 3. The molecule has 1 unspecified atom stereocenters. The molecule has 6 heteroatoms. The maximum Gasteiger partial charge on any atom is 0.469 e. The lowest BCUT2D eigenvalue weighted by Crippen LogP contribution is -2.20. The van der Waals surface area contributed by atoms with Gasteiger partial charge in [0.1, 0.15) is 5.75 Å². The molecule has 0 spiro atoms. The molecule has 1 aromatic carbocycles. The average molecular weight is 188 g/mol. The van der Waals surface area contributed by atoms with Gasteiger partial charge in [-0.1, -0.05) is 18.2 Å². The molecule has 5 nitrogen and oxygen atoms in total. The van der Waals surface area contributed by atoms with Crippen LogP contribution < -0.4 is 15.6 Å². The zero-order valence-corrected chi connectivity index (χ0v) is 7.07. The van der Waals surface area contributed by atoms with E-state index in [-0.39, 0.29) is 0 Å². The number of benzene rings is 1. The molecule has 12 heavy (non-hydrogen) atoms. The molecule has 0 bridgehead atoms. The summed E-state index contributed by atoms with van der Waals surface area (Å²) in [5.74, 6) is 5.06. The second-order valence-corrected chi connectivity index (χ2v) is 3.54. The lowest BCUT2D eigenvalue weighted by Gasteiger charge is -2.10. The summed E-state index contributed by atoms with van der Waals surface area (Å²) in [7, 11) is -3.87. The van der Waals surface area contributed by atoms with Gasteiger partial charge in [-0.3, -0.25) is 5.84 Å². The molecule has 0 fully saturated rings. The lowest BCUT2D eigenvalue weighted by atomic mass is 10.3. The highest BCUT2D eigenvalue weighted by Crippen LogP contribution is 2.36. The minimum absolute atomic E-state index is 0.293. The van der Waals surface area contributed by atoms with Crippen molar-refractivity contribution in [1.29, 1.82) is 0 Å². The van der Waals surface area contributed by atoms with Crippen LogP contribution in [0.15, 0.2) is 30.3 Å². The van der Waals surface area contributed by atoms with Crippen molar-refractivity contribution in [3.63, 3.8) is 0 Å². The Kier molecular flexibility index (Phi) is 2.83. The van der Waals surface area contributed by atoms with Crippen LogP contribution in [0.3, 0.4) is 0 Å². The Morgan fingerprint density at radius 2 is 2.00 bits per heavy atom. The molecule has 4 N–H and O–H groups in total. The van der Waals surface area contributed by atoms with Crippen LogP contribution in [0.2, 0.25) is 0 Å². The molecule has 0 saturated carbocycles. The van der Waals surface area contributed by atoms with E-state index in [1.807, 2.05) is 0 Å². The summed E-state index contributed by atoms with van der Waals surface area (Å²) in [5.41, 5.74) is 0. The smallest absolute Gasteiger partial charge is 0.413 e. The standard InChI is InChI=1S/C6H9N2O3P/c7-8-12(9,10)11-6-4-2-1-3-5-6/h1-5H,7H2,(H2,8,9,10). The Morgan fingerprint density at radius 3 is 2.50 bits per heavy atom. The third kappa shape index (κ3) is 2.64. The molecular weight excluding hydrogens is 179 g/mol. The first-order valence-corrected chi connectivity index (χ1v) is 4.77. The number of nitrogens with one attached hydrogen (secondary N) is 1. The van der Waals surface area contributed by atoms with Crippen molar-refractivity contribution >= 4 is 7.75 Å². The first-order valence-electron chi connectivity index (χ1n) is 3.19. The molecule has 0 radical (unpaired) electrons. The predicted molar refractivity (Wildman–Crippen MR) is 44.2 cm³/mol. The van der Waals surface area contributed by atoms with E-state index in [4.69, 9.17) is 10.7 Å². The van der Waals surface area contributed by atoms with Crippen LogP contribution in [0.25, 0.3) is 0 Å². The van der Waals surface area contributed by atoms with Gasteiger partial charge in [-0.05, 0) is 12.1 Å². The lowest BCUT2D eigenvalue weighted by molar-refractivity contribution is 0.365. The topological polar surface area (TPSA) is 84.6 Å². The average Bonchev–Trinajstić information content (AvgIpc) is 2.06. The van der Waals surface area contributed by atoms with Crippen molar-refractivity contribution < 1.29 is 14.0 Å². The third-order valence-electron chi connectivity index (χ3n) is 1.14. The monoisotopic (exact) mass is 188 g/mol. The fourth-order valence-electron chi connectivity index (χ4n) is 0.651. The molecule has 1 atom stereocenters. The molecule has 0 aliphatic carbocycles. The van der Waals surface area contributed by atoms with Crippen LogP contribution in [0.1, 0.15) is 0 Å². The van der Waals surface area contributed by atoms with E-state index < -0.39 is 7.75 Å². The van der Waals surface area contributed by atoms with Gasteiger partial charge in [-0.25, -0.2) is 4.57 Å². The number of nitrogens with two attached hydrogens (primary N) is 1. The maximum absolute atomic E-state index is 10.8. The van der Waals surface area contributed by atoms with E-state index >= 15 is 0 Å². The summed E-state index contributed by atoms with van der Waals surface area (Å²) in [5, 5.41) is 1.68. The summed E-state index contributed by atoms with van der Waals surface area (Å²) in [6.07, 6.45) is 0. The van der Waals surface area contributed by atoms with Gasteiger partial charge in [-0.2, -0.15) is 5.20 Å². The minimum atomic E-state index is -3.87. The quantitative estimate of drug-likeness (QED) is 0.368. The zero-order valence-electron chi connectivity index (χ0n) is 6.18. The van der Waals surface area contributed by atoms with Gasteiger partial charge < -0.3 is 9.42 Å². The van der Waals surface area contributed by atoms with Crippen molar-refractivity contribution in [3.05, 3.63) is 30.3 Å². The van der Waals surface area contributed by atoms with E-state index in [1.54, 1.807) is 35.5 Å². The number of hydrazine groups is 1. The van der Waals surface area contributed by atoms with E-state index in [0.29, 0.717) is 5.75 Å². The third-order valence-corrected chi connectivity index (χ3v) is 1.92. The van der Waals surface area contributed by atoms with Gasteiger partial charge in [-0.15, -0.1) is 0 Å². The second-order valence-electron chi connectivity index (χ2n) is 2.05. The van der Waals surface area contributed by atoms with Crippen molar-refractivity contribution in [2.75, 3.05) is 0 Å². The molecular formula is C6H9N2O3P. The SMILES string of the molecule is NNP(=O)(O)Oc1ccccc1. The second kappa shape index (κ2) is 3.69. The number of hydrogen-bond donors (Lipinski definition) is 3. The molecule has 0 aromatic heterocycles. The van der Waals surface area contributed by atoms with Crippen LogP contribution in [0.4, 0.5) is 0 Å². The van der Waals surface area contributed by atoms with Gasteiger partial charge in [0, 0.05) is 0 Å². The summed E-state index contributed by atoms with van der Waals surface area (Å²) >= 11 is 0. The highest BCUT2D eigenvalue weighted by Gasteiger charge is 2.17. The van der Waals surface area contributed by atoms with Crippen molar-refractivity contribution in [3.8, 4) is 5.75 Å². The Hall–Kier alpha value is -0.870. The minimum Gasteiger partial charge on any atom is -0.413 e. The van der Waals surface area contributed by atoms with Crippen molar-refractivity contribution in [2.45, 2.75) is 0 Å². The van der Waals surface area contributed by atoms with E-state index in [1.165, 1.54) is 0 Å². The Labute approximate surface area is 69.7 Å². The summed E-state index contributed by atoms with van der Waals surface area (Å²) in [6.45, 7) is 0. The molecule has 0 amide bonds. The zero-order chi connectivity index (χ0) is 9.03. The first-order chi connectivity index (χ1) is 5.64. The van der Waals surface area contributed by atoms with Gasteiger partial charge in [0.25, 0.3) is 0 Å². The van der Waals surface area contributed by atoms with Crippen LogP contribution >= 0.6 is 7.75 Å². The summed E-state index contributed by atoms with van der Waals surface area (Å²) < 4.78 is 15.5. The van der Waals surface area contributed by atoms with E-state index in [2.05, 4.69) is 4.52 Å². The van der Waals surface area contributed by atoms with Crippen LogP contribution in [-0.2, 0) is 4.57 Å². The summed E-state index contributed by atoms with van der Waals surface area (Å²) in [6, 6.07) is 8.25. The molecule has 0 aliphatic rings. The summed E-state index contributed by atoms with van der Waals surface area (Å²) in [4.78, 5) is 8.87. The van der Waals surface area contributed by atoms with Crippen LogP contribution in [-0.4, -0.2) is 4.89 Å². The first kappa shape index (κ1) is 9.22. The molecule has 0 saturated heterocycles. The Balaban J connectivity index is 2.71. The highest BCUT2D eigenvalue weighted by atomic mass is 31.2. The van der Waals surface area contributed by atoms with Gasteiger partial charge >= 0.3 is 7.75 Å². The molecule has 0 heterocycles. The fourth-order valence-corrected chi connectivity index (χ4v) is 1.11. The fraction of sp³-hybridized carbons (Fsp3) is 0. The highest BCUT2D eigenvalue weighted by molar-refractivity contribution is 7.50. The van der Waals surface area contributed by atoms with Crippen LogP contribution in [0, 0.1) is 0 Å². The van der Waals surface area contributed by atoms with E-state index in [0.717, 1.165) is 0 Å². The van der Waals surface area contributed by atoms with Gasteiger partial charge in [0.05, 0.1) is 0 Å². The molecule has 1 rings (SSSR count). The Bertz CT molecular complexity index is 290.